The number of rotatable bonds is 5. The quantitative estimate of drug-likeness (QED) is 0.195. The van der Waals surface area contributed by atoms with Crippen LogP contribution >= 0.6 is 27.5 Å². The highest BCUT2D eigenvalue weighted by molar-refractivity contribution is 9.10. The van der Waals surface area contributed by atoms with Gasteiger partial charge >= 0.3 is 0 Å². The minimum Gasteiger partial charge on any atom is -0.340 e. The van der Waals surface area contributed by atoms with E-state index >= 15 is 0 Å². The Morgan fingerprint density at radius 1 is 1.03 bits per heavy atom. The number of nitrogens with zero attached hydrogens (tertiary/aromatic N) is 4. The molecule has 5 aromatic rings. The Bertz CT molecular complexity index is 1750. The van der Waals surface area contributed by atoms with Gasteiger partial charge in [0.15, 0.2) is 0 Å². The molecule has 38 heavy (non-hydrogen) atoms. The Labute approximate surface area is 234 Å². The number of fused-ring (bicyclic) bond motifs is 2. The first-order chi connectivity index (χ1) is 18.5. The second-order valence-electron chi connectivity index (χ2n) is 10.0. The molecule has 2 heterocycles. The molecule has 0 aliphatic heterocycles. The van der Waals surface area contributed by atoms with E-state index in [0.29, 0.717) is 11.9 Å². The average Bonchev–Trinajstić information content (AvgIpc) is 3.20. The van der Waals surface area contributed by atoms with Gasteiger partial charge in [0.2, 0.25) is 0 Å². The van der Waals surface area contributed by atoms with Crippen LogP contribution in [0.15, 0.2) is 81.1 Å². The molecule has 5 nitrogen and oxygen atoms in total. The van der Waals surface area contributed by atoms with Crippen LogP contribution in [0, 0.1) is 6.92 Å². The minimum atomic E-state index is -0.134. The summed E-state index contributed by atoms with van der Waals surface area (Å²) in [6.07, 6.45) is 7.42. The first kappa shape index (κ1) is 25.1. The minimum absolute atomic E-state index is 0.134. The second-order valence-corrected chi connectivity index (χ2v) is 11.3. The summed E-state index contributed by atoms with van der Waals surface area (Å²) < 4.78 is 4.66. The molecule has 0 amide bonds. The molecule has 1 fully saturated rings. The number of hydrogen-bond acceptors (Lipinski definition) is 3. The first-order valence-electron chi connectivity index (χ1n) is 13.1. The molecule has 0 spiro atoms. The molecule has 0 atom stereocenters. The van der Waals surface area contributed by atoms with Crippen molar-refractivity contribution in [2.24, 2.45) is 5.10 Å². The highest BCUT2D eigenvalue weighted by Gasteiger charge is 2.23. The molecule has 2 aromatic heterocycles. The van der Waals surface area contributed by atoms with Gasteiger partial charge in [0.05, 0.1) is 17.1 Å². The summed E-state index contributed by atoms with van der Waals surface area (Å²) >= 11 is 10.0. The van der Waals surface area contributed by atoms with Gasteiger partial charge in [-0.1, -0.05) is 83.2 Å². The standard InChI is InChI=1S/C31H28BrClN4O/c1-20-26(24-12-6-8-14-29(24)36(20)19-22-11-5-7-13-27(22)33)18-34-37-30(21-9-3-2-4-10-21)35-28-16-15-23(32)17-25(28)31(37)38/h5-8,11-18,21H,2-4,9-10,19H2,1H3. The molecule has 0 unspecified atom stereocenters. The van der Waals surface area contributed by atoms with Gasteiger partial charge in [0, 0.05) is 44.1 Å². The SMILES string of the molecule is Cc1c(C=Nn2c(C3CCCCC3)nc3ccc(Br)cc3c2=O)c2ccccc2n1Cc1ccccc1Cl. The van der Waals surface area contributed by atoms with Crippen molar-refractivity contribution in [3.8, 4) is 0 Å². The fourth-order valence-electron chi connectivity index (χ4n) is 5.64. The zero-order valence-corrected chi connectivity index (χ0v) is 23.5. The number of para-hydroxylation sites is 1. The topological polar surface area (TPSA) is 52.2 Å². The molecule has 192 valence electrons. The monoisotopic (exact) mass is 586 g/mol. The van der Waals surface area contributed by atoms with Crippen molar-refractivity contribution >= 4 is 55.6 Å². The third-order valence-electron chi connectivity index (χ3n) is 7.67. The smallest absolute Gasteiger partial charge is 0.282 e. The Hall–Kier alpha value is -3.22. The number of benzene rings is 3. The summed E-state index contributed by atoms with van der Waals surface area (Å²) in [6, 6.07) is 21.9. The summed E-state index contributed by atoms with van der Waals surface area (Å²) in [5.74, 6) is 0.988. The lowest BCUT2D eigenvalue weighted by Crippen LogP contribution is -2.25. The number of aromatic nitrogens is 3. The largest absolute Gasteiger partial charge is 0.340 e. The van der Waals surface area contributed by atoms with Crippen LogP contribution in [0.4, 0.5) is 0 Å². The maximum atomic E-state index is 13.8. The fraction of sp³-hybridized carbons (Fsp3) is 0.258. The van der Waals surface area contributed by atoms with Crippen molar-refractivity contribution in [2.45, 2.75) is 51.5 Å². The molecular formula is C31H28BrClN4O. The molecule has 7 heteroatoms. The van der Waals surface area contributed by atoms with Crippen LogP contribution in [-0.2, 0) is 6.54 Å². The zero-order valence-electron chi connectivity index (χ0n) is 21.2. The molecule has 3 aromatic carbocycles. The molecule has 1 aliphatic carbocycles. The van der Waals surface area contributed by atoms with Gasteiger partial charge in [0.25, 0.3) is 5.56 Å². The van der Waals surface area contributed by atoms with E-state index in [1.807, 2.05) is 54.7 Å². The van der Waals surface area contributed by atoms with E-state index in [2.05, 4.69) is 45.6 Å². The van der Waals surface area contributed by atoms with Crippen LogP contribution in [-0.4, -0.2) is 20.4 Å². The second kappa shape index (κ2) is 10.5. The lowest BCUT2D eigenvalue weighted by molar-refractivity contribution is 0.416. The van der Waals surface area contributed by atoms with E-state index in [1.54, 1.807) is 4.68 Å². The predicted octanol–water partition coefficient (Wildman–Crippen LogP) is 8.05. The fourth-order valence-corrected chi connectivity index (χ4v) is 6.20. The van der Waals surface area contributed by atoms with Crippen molar-refractivity contribution < 1.29 is 0 Å². The van der Waals surface area contributed by atoms with E-state index < -0.39 is 0 Å². The molecule has 6 rings (SSSR count). The van der Waals surface area contributed by atoms with Gasteiger partial charge in [-0.15, -0.1) is 0 Å². The maximum Gasteiger partial charge on any atom is 0.282 e. The summed E-state index contributed by atoms with van der Waals surface area (Å²) in [5.41, 5.74) is 4.80. The lowest BCUT2D eigenvalue weighted by atomic mass is 9.88. The average molecular weight is 588 g/mol. The van der Waals surface area contributed by atoms with Crippen LogP contribution in [0.2, 0.25) is 5.02 Å². The van der Waals surface area contributed by atoms with Gasteiger partial charge in [-0.25, -0.2) is 4.98 Å². The van der Waals surface area contributed by atoms with E-state index in [1.165, 1.54) is 6.42 Å². The van der Waals surface area contributed by atoms with Crippen molar-refractivity contribution in [3.63, 3.8) is 0 Å². The van der Waals surface area contributed by atoms with Crippen LogP contribution < -0.4 is 5.56 Å². The van der Waals surface area contributed by atoms with Crippen LogP contribution in [0.25, 0.3) is 21.8 Å². The summed E-state index contributed by atoms with van der Waals surface area (Å²) in [5, 5.41) is 7.24. The van der Waals surface area contributed by atoms with Crippen molar-refractivity contribution in [2.75, 3.05) is 0 Å². The van der Waals surface area contributed by atoms with Crippen molar-refractivity contribution in [1.82, 2.24) is 14.2 Å². The normalized spacial score (nSPS) is 14.7. The van der Waals surface area contributed by atoms with Crippen LogP contribution in [0.3, 0.4) is 0 Å². The van der Waals surface area contributed by atoms with E-state index in [0.717, 1.165) is 74.2 Å². The van der Waals surface area contributed by atoms with Gasteiger partial charge in [0.1, 0.15) is 5.82 Å². The Kier molecular flexibility index (Phi) is 6.93. The highest BCUT2D eigenvalue weighted by Crippen LogP contribution is 2.32. The molecule has 1 aliphatic rings. The zero-order chi connectivity index (χ0) is 26.2. The van der Waals surface area contributed by atoms with E-state index in [4.69, 9.17) is 21.7 Å². The number of halogens is 2. The maximum absolute atomic E-state index is 13.8. The molecular weight excluding hydrogens is 560 g/mol. The van der Waals surface area contributed by atoms with E-state index in [9.17, 15) is 4.79 Å². The van der Waals surface area contributed by atoms with Crippen LogP contribution in [0.5, 0.6) is 0 Å². The summed E-state index contributed by atoms with van der Waals surface area (Å²) in [7, 11) is 0. The molecule has 0 saturated heterocycles. The van der Waals surface area contributed by atoms with Gasteiger partial charge < -0.3 is 4.57 Å². The summed E-state index contributed by atoms with van der Waals surface area (Å²) in [6.45, 7) is 2.75. The van der Waals surface area contributed by atoms with Gasteiger partial charge in [-0.2, -0.15) is 9.78 Å². The Morgan fingerprint density at radius 2 is 1.79 bits per heavy atom. The lowest BCUT2D eigenvalue weighted by Gasteiger charge is -2.22. The van der Waals surface area contributed by atoms with E-state index in [-0.39, 0.29) is 11.5 Å². The highest BCUT2D eigenvalue weighted by atomic mass is 79.9. The molecule has 1 saturated carbocycles. The third kappa shape index (κ3) is 4.61. The van der Waals surface area contributed by atoms with Gasteiger partial charge in [-0.05, 0) is 55.7 Å². The summed E-state index contributed by atoms with van der Waals surface area (Å²) in [4.78, 5) is 18.7. The van der Waals surface area contributed by atoms with Crippen molar-refractivity contribution in [3.05, 3.63) is 109 Å². The molecule has 0 N–H and O–H groups in total. The molecule has 0 bridgehead atoms. The first-order valence-corrected chi connectivity index (χ1v) is 14.3. The number of hydrogen-bond donors (Lipinski definition) is 0. The molecule has 0 radical (unpaired) electrons. The Morgan fingerprint density at radius 3 is 2.61 bits per heavy atom. The van der Waals surface area contributed by atoms with Crippen LogP contribution in [0.1, 0.15) is 60.7 Å². The van der Waals surface area contributed by atoms with Gasteiger partial charge in [-0.3, -0.25) is 4.79 Å². The van der Waals surface area contributed by atoms with Crippen molar-refractivity contribution in [1.29, 1.82) is 0 Å². The predicted molar refractivity (Wildman–Crippen MR) is 160 cm³/mol. The Balaban J connectivity index is 1.50. The third-order valence-corrected chi connectivity index (χ3v) is 8.53.